The Labute approximate surface area is 203 Å². The minimum absolute atomic E-state index is 0.0280. The van der Waals surface area contributed by atoms with E-state index in [2.05, 4.69) is 22.8 Å². The number of carbonyl (C=O) groups excluding carboxylic acids is 3. The van der Waals surface area contributed by atoms with Crippen LogP contribution in [0.4, 0.5) is 4.79 Å². The molecular formula is C26H29N3O6. The van der Waals surface area contributed by atoms with Crippen molar-refractivity contribution in [2.24, 2.45) is 5.92 Å². The quantitative estimate of drug-likeness (QED) is 0.534. The second-order valence-corrected chi connectivity index (χ2v) is 8.90. The number of benzene rings is 2. The van der Waals surface area contributed by atoms with Gasteiger partial charge >= 0.3 is 12.1 Å². The van der Waals surface area contributed by atoms with Gasteiger partial charge in [-0.15, -0.1) is 0 Å². The molecule has 0 aromatic heterocycles. The number of carbonyl (C=O) groups is 4. The molecule has 4 rings (SSSR count). The molecule has 35 heavy (non-hydrogen) atoms. The molecule has 2 aromatic carbocycles. The fraction of sp³-hybridized carbons (Fsp3) is 0.385. The molecule has 3 N–H and O–H groups in total. The molecule has 0 spiro atoms. The van der Waals surface area contributed by atoms with Gasteiger partial charge in [-0.3, -0.25) is 14.4 Å². The molecule has 0 radical (unpaired) electrons. The van der Waals surface area contributed by atoms with E-state index in [9.17, 15) is 19.2 Å². The summed E-state index contributed by atoms with van der Waals surface area (Å²) in [7, 11) is 0. The lowest BCUT2D eigenvalue weighted by atomic mass is 9.95. The predicted octanol–water partition coefficient (Wildman–Crippen LogP) is 2.35. The van der Waals surface area contributed by atoms with Crippen LogP contribution >= 0.6 is 0 Å². The Morgan fingerprint density at radius 2 is 1.60 bits per heavy atom. The first-order valence-corrected chi connectivity index (χ1v) is 11.8. The standard InChI is InChI=1S/C26H29N3O6/c30-23(27-14-24(31)29-11-5-6-17(15-29)12-25(32)33)13-28-26(34)35-16-22-20-9-3-1-7-18(20)19-8-2-4-10-21(19)22/h1-4,7-10,17,22H,5-6,11-16H2,(H,27,30)(H,28,34)(H,32,33). The summed E-state index contributed by atoms with van der Waals surface area (Å²) in [4.78, 5) is 49.2. The zero-order valence-corrected chi connectivity index (χ0v) is 19.4. The minimum Gasteiger partial charge on any atom is -0.481 e. The number of fused-ring (bicyclic) bond motifs is 3. The number of carboxylic acids is 1. The van der Waals surface area contributed by atoms with Gasteiger partial charge in [-0.25, -0.2) is 4.79 Å². The predicted molar refractivity (Wildman–Crippen MR) is 128 cm³/mol. The van der Waals surface area contributed by atoms with E-state index in [4.69, 9.17) is 9.84 Å². The fourth-order valence-electron chi connectivity index (χ4n) is 4.86. The molecule has 1 atom stereocenters. The Hall–Kier alpha value is -3.88. The van der Waals surface area contributed by atoms with Crippen molar-refractivity contribution in [3.8, 4) is 11.1 Å². The lowest BCUT2D eigenvalue weighted by Crippen LogP contribution is -2.47. The smallest absolute Gasteiger partial charge is 0.407 e. The van der Waals surface area contributed by atoms with Crippen LogP contribution in [0.25, 0.3) is 11.1 Å². The van der Waals surface area contributed by atoms with Crippen molar-refractivity contribution in [1.29, 1.82) is 0 Å². The topological polar surface area (TPSA) is 125 Å². The molecule has 3 amide bonds. The van der Waals surface area contributed by atoms with Crippen LogP contribution in [0.15, 0.2) is 48.5 Å². The zero-order valence-electron chi connectivity index (χ0n) is 19.4. The molecule has 1 unspecified atom stereocenters. The van der Waals surface area contributed by atoms with Crippen molar-refractivity contribution in [3.05, 3.63) is 59.7 Å². The average molecular weight is 480 g/mol. The number of amides is 3. The van der Waals surface area contributed by atoms with E-state index < -0.39 is 18.0 Å². The fourth-order valence-corrected chi connectivity index (χ4v) is 4.86. The van der Waals surface area contributed by atoms with Crippen LogP contribution in [0.1, 0.15) is 36.3 Å². The lowest BCUT2D eigenvalue weighted by molar-refractivity contribution is -0.140. The summed E-state index contributed by atoms with van der Waals surface area (Å²) >= 11 is 0. The number of nitrogens with one attached hydrogen (secondary N) is 2. The largest absolute Gasteiger partial charge is 0.481 e. The highest BCUT2D eigenvalue weighted by molar-refractivity contribution is 5.87. The van der Waals surface area contributed by atoms with Gasteiger partial charge in [0.1, 0.15) is 13.2 Å². The summed E-state index contributed by atoms with van der Waals surface area (Å²) in [6.45, 7) is 0.546. The van der Waals surface area contributed by atoms with Crippen molar-refractivity contribution in [3.63, 3.8) is 0 Å². The highest BCUT2D eigenvalue weighted by Crippen LogP contribution is 2.44. The van der Waals surface area contributed by atoms with E-state index in [0.29, 0.717) is 13.1 Å². The second kappa shape index (κ2) is 11.0. The Morgan fingerprint density at radius 1 is 0.943 bits per heavy atom. The van der Waals surface area contributed by atoms with Gasteiger partial charge < -0.3 is 25.4 Å². The number of hydrogen-bond acceptors (Lipinski definition) is 5. The van der Waals surface area contributed by atoms with Crippen LogP contribution in [-0.2, 0) is 19.1 Å². The van der Waals surface area contributed by atoms with Gasteiger partial charge in [0.25, 0.3) is 0 Å². The second-order valence-electron chi connectivity index (χ2n) is 8.90. The van der Waals surface area contributed by atoms with Crippen LogP contribution in [0.2, 0.25) is 0 Å². The van der Waals surface area contributed by atoms with E-state index in [0.717, 1.165) is 35.1 Å². The van der Waals surface area contributed by atoms with Crippen LogP contribution in [0, 0.1) is 5.92 Å². The molecule has 1 saturated heterocycles. The Bertz CT molecular complexity index is 1070. The van der Waals surface area contributed by atoms with Crippen molar-refractivity contribution in [2.45, 2.75) is 25.2 Å². The zero-order chi connectivity index (χ0) is 24.8. The third kappa shape index (κ3) is 5.98. The lowest BCUT2D eigenvalue weighted by Gasteiger charge is -2.32. The first-order chi connectivity index (χ1) is 16.9. The van der Waals surface area contributed by atoms with Crippen molar-refractivity contribution < 1.29 is 29.0 Å². The molecule has 184 valence electrons. The van der Waals surface area contributed by atoms with Crippen LogP contribution in [-0.4, -0.2) is 66.7 Å². The Balaban J connectivity index is 1.19. The van der Waals surface area contributed by atoms with E-state index in [1.54, 1.807) is 4.90 Å². The third-order valence-electron chi connectivity index (χ3n) is 6.51. The number of ether oxygens (including phenoxy) is 1. The van der Waals surface area contributed by atoms with Gasteiger partial charge in [0.2, 0.25) is 11.8 Å². The molecular weight excluding hydrogens is 450 g/mol. The summed E-state index contributed by atoms with van der Waals surface area (Å²) in [6.07, 6.45) is 0.828. The van der Waals surface area contributed by atoms with Gasteiger partial charge in [-0.2, -0.15) is 0 Å². The molecule has 2 aliphatic rings. The SMILES string of the molecule is O=C(O)CC1CCCN(C(=O)CNC(=O)CNC(=O)OCC2c3ccccc3-c3ccccc32)C1. The molecule has 1 aliphatic heterocycles. The van der Waals surface area contributed by atoms with Crippen LogP contribution < -0.4 is 10.6 Å². The number of alkyl carbamates (subject to hydrolysis) is 1. The molecule has 1 heterocycles. The number of carboxylic acid groups (broad SMARTS) is 1. The minimum atomic E-state index is -0.878. The number of rotatable bonds is 8. The number of nitrogens with zero attached hydrogens (tertiary/aromatic N) is 1. The van der Waals surface area contributed by atoms with Crippen LogP contribution in [0.3, 0.4) is 0 Å². The highest BCUT2D eigenvalue weighted by Gasteiger charge is 2.29. The molecule has 1 fully saturated rings. The normalized spacial score (nSPS) is 16.7. The van der Waals surface area contributed by atoms with Crippen molar-refractivity contribution in [2.75, 3.05) is 32.8 Å². The van der Waals surface area contributed by atoms with Gasteiger partial charge in [0.15, 0.2) is 0 Å². The van der Waals surface area contributed by atoms with E-state index >= 15 is 0 Å². The maximum atomic E-state index is 12.4. The summed E-state index contributed by atoms with van der Waals surface area (Å²) in [5, 5.41) is 13.9. The van der Waals surface area contributed by atoms with Gasteiger partial charge in [-0.05, 0) is 41.0 Å². The highest BCUT2D eigenvalue weighted by atomic mass is 16.5. The molecule has 2 aromatic rings. The van der Waals surface area contributed by atoms with E-state index in [1.807, 2.05) is 36.4 Å². The molecule has 9 heteroatoms. The van der Waals surface area contributed by atoms with Gasteiger partial charge in [0, 0.05) is 25.4 Å². The summed E-state index contributed by atoms with van der Waals surface area (Å²) in [5.41, 5.74) is 4.45. The number of hydrogen-bond donors (Lipinski definition) is 3. The monoisotopic (exact) mass is 479 g/mol. The van der Waals surface area contributed by atoms with Crippen molar-refractivity contribution >= 4 is 23.9 Å². The van der Waals surface area contributed by atoms with Gasteiger partial charge in [0.05, 0.1) is 6.54 Å². The van der Waals surface area contributed by atoms with Crippen LogP contribution in [0.5, 0.6) is 0 Å². The van der Waals surface area contributed by atoms with Gasteiger partial charge in [-0.1, -0.05) is 48.5 Å². The maximum absolute atomic E-state index is 12.4. The Kier molecular flexibility index (Phi) is 7.64. The van der Waals surface area contributed by atoms with E-state index in [-0.39, 0.29) is 43.9 Å². The molecule has 1 aliphatic carbocycles. The first-order valence-electron chi connectivity index (χ1n) is 11.8. The first kappa shape index (κ1) is 24.3. The Morgan fingerprint density at radius 3 is 2.26 bits per heavy atom. The number of aliphatic carboxylic acids is 1. The summed E-state index contributed by atoms with van der Waals surface area (Å²) in [5.74, 6) is -1.80. The van der Waals surface area contributed by atoms with Crippen molar-refractivity contribution in [1.82, 2.24) is 15.5 Å². The maximum Gasteiger partial charge on any atom is 0.407 e. The summed E-state index contributed by atoms with van der Waals surface area (Å²) < 4.78 is 5.40. The molecule has 0 saturated carbocycles. The van der Waals surface area contributed by atoms with E-state index in [1.165, 1.54) is 0 Å². The average Bonchev–Trinajstić information content (AvgIpc) is 3.18. The number of piperidine rings is 1. The molecule has 0 bridgehead atoms. The molecule has 9 nitrogen and oxygen atoms in total. The third-order valence-corrected chi connectivity index (χ3v) is 6.51. The number of likely N-dealkylation sites (tertiary alicyclic amines) is 1. The summed E-state index contributed by atoms with van der Waals surface area (Å²) in [6, 6.07) is 16.0.